The molecule has 0 saturated heterocycles. The van der Waals surface area contributed by atoms with Crippen LogP contribution in [-0.4, -0.2) is 27.7 Å². The van der Waals surface area contributed by atoms with E-state index in [1.807, 2.05) is 11.4 Å². The molecule has 1 fully saturated rings. The van der Waals surface area contributed by atoms with Crippen LogP contribution in [0.1, 0.15) is 42.1 Å². The Balaban J connectivity index is 2.08. The molecule has 1 saturated carbocycles. The minimum absolute atomic E-state index is 0.610. The van der Waals surface area contributed by atoms with Crippen LogP contribution in [-0.2, 0) is 0 Å². The summed E-state index contributed by atoms with van der Waals surface area (Å²) in [4.78, 5) is 4.63. The zero-order valence-electron chi connectivity index (χ0n) is 11.6. The summed E-state index contributed by atoms with van der Waals surface area (Å²) in [6.07, 6.45) is 3.84. The third kappa shape index (κ3) is 2.08. The van der Waals surface area contributed by atoms with Crippen LogP contribution in [0.3, 0.4) is 0 Å². The van der Waals surface area contributed by atoms with Crippen LogP contribution in [0, 0.1) is 13.8 Å². The predicted molar refractivity (Wildman–Crippen MR) is 76.6 cm³/mol. The molecule has 5 heteroatoms. The number of hydrogen-bond acceptors (Lipinski definition) is 4. The molecule has 1 aliphatic carbocycles. The minimum atomic E-state index is 0.610. The molecular formula is C14H21N5. The van der Waals surface area contributed by atoms with Gasteiger partial charge in [0.2, 0.25) is 0 Å². The fourth-order valence-electron chi connectivity index (χ4n) is 2.52. The van der Waals surface area contributed by atoms with Crippen LogP contribution in [0.15, 0.2) is 6.07 Å². The maximum atomic E-state index is 5.58. The second-order valence-corrected chi connectivity index (χ2v) is 5.35. The second kappa shape index (κ2) is 4.81. The molecule has 3 N–H and O–H groups in total. The van der Waals surface area contributed by atoms with Crippen molar-refractivity contribution in [2.24, 2.45) is 5.73 Å². The minimum Gasteiger partial charge on any atom is -0.368 e. The zero-order chi connectivity index (χ0) is 13.4. The van der Waals surface area contributed by atoms with Gasteiger partial charge in [-0.05, 0) is 26.7 Å². The highest BCUT2D eigenvalue weighted by atomic mass is 15.3. The molecule has 102 valence electrons. The van der Waals surface area contributed by atoms with Crippen molar-refractivity contribution in [3.63, 3.8) is 0 Å². The number of aromatic nitrogens is 3. The van der Waals surface area contributed by atoms with Crippen LogP contribution < -0.4 is 11.1 Å². The van der Waals surface area contributed by atoms with Gasteiger partial charge >= 0.3 is 0 Å². The van der Waals surface area contributed by atoms with Crippen molar-refractivity contribution in [1.29, 1.82) is 0 Å². The van der Waals surface area contributed by atoms with Gasteiger partial charge in [-0.15, -0.1) is 0 Å². The van der Waals surface area contributed by atoms with E-state index in [1.165, 1.54) is 25.0 Å². The van der Waals surface area contributed by atoms with Crippen molar-refractivity contribution in [2.45, 2.75) is 39.0 Å². The number of nitrogens with zero attached hydrogens (tertiary/aromatic N) is 3. The number of fused-ring (bicyclic) bond motifs is 1. The number of nitrogens with two attached hydrogens (primary N) is 1. The van der Waals surface area contributed by atoms with Gasteiger partial charge in [0.1, 0.15) is 5.82 Å². The largest absolute Gasteiger partial charge is 0.368 e. The van der Waals surface area contributed by atoms with Gasteiger partial charge in [-0.3, -0.25) is 0 Å². The molecule has 0 amide bonds. The van der Waals surface area contributed by atoms with Crippen molar-refractivity contribution in [3.8, 4) is 0 Å². The third-order valence-corrected chi connectivity index (χ3v) is 4.06. The van der Waals surface area contributed by atoms with E-state index in [-0.39, 0.29) is 0 Å². The Kier molecular flexibility index (Phi) is 3.14. The van der Waals surface area contributed by atoms with Crippen molar-refractivity contribution in [1.82, 2.24) is 14.6 Å². The molecule has 3 rings (SSSR count). The summed E-state index contributed by atoms with van der Waals surface area (Å²) in [6, 6.07) is 2.13. The highest BCUT2D eigenvalue weighted by Crippen LogP contribution is 2.36. The quantitative estimate of drug-likeness (QED) is 0.881. The normalized spacial score (nSPS) is 15.7. The summed E-state index contributed by atoms with van der Waals surface area (Å²) >= 11 is 0. The van der Waals surface area contributed by atoms with E-state index < -0.39 is 0 Å². The first-order chi connectivity index (χ1) is 9.20. The molecule has 1 aliphatic rings. The first kappa shape index (κ1) is 12.4. The number of hydrogen-bond donors (Lipinski definition) is 2. The van der Waals surface area contributed by atoms with Crippen molar-refractivity contribution < 1.29 is 0 Å². The van der Waals surface area contributed by atoms with Gasteiger partial charge in [0.05, 0.1) is 5.69 Å². The molecule has 0 spiro atoms. The van der Waals surface area contributed by atoms with Crippen LogP contribution in [0.5, 0.6) is 0 Å². The average Bonchev–Trinajstić information content (AvgIpc) is 2.70. The van der Waals surface area contributed by atoms with E-state index in [2.05, 4.69) is 23.3 Å². The number of anilines is 1. The van der Waals surface area contributed by atoms with Gasteiger partial charge < -0.3 is 11.1 Å². The molecule has 0 atom stereocenters. The molecule has 0 radical (unpaired) electrons. The van der Waals surface area contributed by atoms with Crippen molar-refractivity contribution in [3.05, 3.63) is 23.0 Å². The Morgan fingerprint density at radius 1 is 1.42 bits per heavy atom. The summed E-state index contributed by atoms with van der Waals surface area (Å²) in [5, 5.41) is 8.11. The van der Waals surface area contributed by atoms with Gasteiger partial charge in [-0.2, -0.15) is 9.61 Å². The third-order valence-electron chi connectivity index (χ3n) is 4.06. The lowest BCUT2D eigenvalue weighted by molar-refractivity contribution is 0.410. The van der Waals surface area contributed by atoms with E-state index in [0.717, 1.165) is 29.3 Å². The molecular weight excluding hydrogens is 238 g/mol. The first-order valence-electron chi connectivity index (χ1n) is 7.01. The fraction of sp³-hybridized carbons (Fsp3) is 0.571. The Morgan fingerprint density at radius 3 is 2.84 bits per heavy atom. The van der Waals surface area contributed by atoms with E-state index >= 15 is 0 Å². The highest BCUT2D eigenvalue weighted by Gasteiger charge is 2.23. The second-order valence-electron chi connectivity index (χ2n) is 5.35. The monoisotopic (exact) mass is 259 g/mol. The summed E-state index contributed by atoms with van der Waals surface area (Å²) in [7, 11) is 0. The van der Waals surface area contributed by atoms with E-state index in [9.17, 15) is 0 Å². The Labute approximate surface area is 113 Å². The van der Waals surface area contributed by atoms with E-state index in [4.69, 9.17) is 10.8 Å². The fourth-order valence-corrected chi connectivity index (χ4v) is 2.52. The molecule has 2 heterocycles. The molecule has 19 heavy (non-hydrogen) atoms. The van der Waals surface area contributed by atoms with Crippen LogP contribution in [0.2, 0.25) is 0 Å². The maximum Gasteiger partial charge on any atom is 0.157 e. The standard InChI is InChI=1S/C14H21N5/c1-9-10(2)17-13-8-12(11-4-3-5-11)18-19(13)14(9)16-7-6-15/h8,11,16H,3-7,15H2,1-2H3. The molecule has 0 unspecified atom stereocenters. The molecule has 5 nitrogen and oxygen atoms in total. The lowest BCUT2D eigenvalue weighted by Crippen LogP contribution is -2.17. The van der Waals surface area contributed by atoms with Crippen LogP contribution in [0.25, 0.3) is 5.65 Å². The van der Waals surface area contributed by atoms with Gasteiger partial charge in [-0.25, -0.2) is 4.98 Å². The zero-order valence-corrected chi connectivity index (χ0v) is 11.6. The van der Waals surface area contributed by atoms with E-state index in [0.29, 0.717) is 12.5 Å². The number of rotatable bonds is 4. The van der Waals surface area contributed by atoms with E-state index in [1.54, 1.807) is 0 Å². The van der Waals surface area contributed by atoms with Gasteiger partial charge in [0, 0.05) is 36.3 Å². The van der Waals surface area contributed by atoms with Gasteiger partial charge in [0.15, 0.2) is 5.65 Å². The lowest BCUT2D eigenvalue weighted by Gasteiger charge is -2.22. The lowest BCUT2D eigenvalue weighted by atomic mass is 9.83. The Bertz CT molecular complexity index is 597. The Hall–Kier alpha value is -1.62. The number of aryl methyl sites for hydroxylation is 1. The summed E-state index contributed by atoms with van der Waals surface area (Å²) in [6.45, 7) is 5.47. The molecule has 2 aromatic rings. The van der Waals surface area contributed by atoms with Crippen molar-refractivity contribution >= 4 is 11.5 Å². The average molecular weight is 259 g/mol. The highest BCUT2D eigenvalue weighted by molar-refractivity contribution is 5.55. The van der Waals surface area contributed by atoms with Crippen LogP contribution >= 0.6 is 0 Å². The van der Waals surface area contributed by atoms with Gasteiger partial charge in [-0.1, -0.05) is 6.42 Å². The smallest absolute Gasteiger partial charge is 0.157 e. The van der Waals surface area contributed by atoms with Crippen molar-refractivity contribution in [2.75, 3.05) is 18.4 Å². The SMILES string of the molecule is Cc1nc2cc(C3CCC3)nn2c(NCCN)c1C. The summed E-state index contributed by atoms with van der Waals surface area (Å²) < 4.78 is 1.94. The molecule has 0 aliphatic heterocycles. The van der Waals surface area contributed by atoms with Crippen LogP contribution in [0.4, 0.5) is 5.82 Å². The Morgan fingerprint density at radius 2 is 2.21 bits per heavy atom. The summed E-state index contributed by atoms with van der Waals surface area (Å²) in [5.74, 6) is 1.66. The maximum absolute atomic E-state index is 5.58. The predicted octanol–water partition coefficient (Wildman–Crippen LogP) is 1.98. The summed E-state index contributed by atoms with van der Waals surface area (Å²) in [5.41, 5.74) is 9.89. The molecule has 2 aromatic heterocycles. The molecule has 0 aromatic carbocycles. The molecule has 0 bridgehead atoms. The first-order valence-corrected chi connectivity index (χ1v) is 7.01. The number of nitrogens with one attached hydrogen (secondary N) is 1. The van der Waals surface area contributed by atoms with Gasteiger partial charge in [0.25, 0.3) is 0 Å². The topological polar surface area (TPSA) is 68.2 Å².